The predicted octanol–water partition coefficient (Wildman–Crippen LogP) is 5.19. The first kappa shape index (κ1) is 31.5. The van der Waals surface area contributed by atoms with Gasteiger partial charge in [0.15, 0.2) is 6.10 Å². The van der Waals surface area contributed by atoms with Crippen molar-refractivity contribution in [2.24, 2.45) is 22.7 Å². The fourth-order valence-electron chi connectivity index (χ4n) is 8.75. The first-order chi connectivity index (χ1) is 21.8. The molecule has 9 unspecified atom stereocenters. The number of benzene rings is 2. The number of aliphatic carboxylic acids is 1. The smallest absolute Gasteiger partial charge is 0.338 e. The summed E-state index contributed by atoms with van der Waals surface area (Å²) in [6, 6.07) is 18.2. The molecule has 10 nitrogen and oxygen atoms in total. The van der Waals surface area contributed by atoms with E-state index in [2.05, 4.69) is 0 Å². The molecule has 46 heavy (non-hydrogen) atoms. The lowest BCUT2D eigenvalue weighted by molar-refractivity contribution is -0.328. The number of hydrogen-bond donors (Lipinski definition) is 2. The van der Waals surface area contributed by atoms with Crippen molar-refractivity contribution in [2.75, 3.05) is 0 Å². The Bertz CT molecular complexity index is 1650. The normalized spacial score (nSPS) is 34.6. The molecule has 9 atom stereocenters. The van der Waals surface area contributed by atoms with E-state index >= 15 is 0 Å². The molecule has 0 aliphatic heterocycles. The summed E-state index contributed by atoms with van der Waals surface area (Å²) in [4.78, 5) is 53.5. The van der Waals surface area contributed by atoms with E-state index in [4.69, 9.17) is 18.6 Å². The molecule has 2 N–H and O–H groups in total. The van der Waals surface area contributed by atoms with Crippen LogP contribution in [0.15, 0.2) is 77.4 Å². The van der Waals surface area contributed by atoms with Crippen LogP contribution in [0.1, 0.15) is 78.5 Å². The average Bonchev–Trinajstić information content (AvgIpc) is 3.52. The summed E-state index contributed by atoms with van der Waals surface area (Å²) >= 11 is 0. The maximum atomic E-state index is 13.8. The van der Waals surface area contributed by atoms with Crippen LogP contribution in [0.3, 0.4) is 0 Å². The molecule has 1 aromatic heterocycles. The van der Waals surface area contributed by atoms with E-state index in [0.717, 1.165) is 5.56 Å². The van der Waals surface area contributed by atoms with Gasteiger partial charge in [0.25, 0.3) is 0 Å². The van der Waals surface area contributed by atoms with Crippen molar-refractivity contribution in [3.63, 3.8) is 0 Å². The number of carboxylic acid groups (broad SMARTS) is 1. The molecule has 2 aromatic carbocycles. The number of carbonyl (C=O) groups excluding carboxylic acids is 3. The maximum Gasteiger partial charge on any atom is 0.338 e. The fraction of sp³-hybridized carbons (Fsp3) is 0.444. The number of carboxylic acids is 1. The summed E-state index contributed by atoms with van der Waals surface area (Å²) in [5.41, 5.74) is -4.56. The number of esters is 3. The number of furan rings is 1. The second-order valence-electron chi connectivity index (χ2n) is 13.2. The van der Waals surface area contributed by atoms with Crippen molar-refractivity contribution in [3.05, 3.63) is 95.4 Å². The van der Waals surface area contributed by atoms with Crippen LogP contribution in [0.2, 0.25) is 0 Å². The van der Waals surface area contributed by atoms with Gasteiger partial charge < -0.3 is 28.8 Å². The number of aliphatic hydroxyl groups is 1. The average molecular weight is 631 g/mol. The highest BCUT2D eigenvalue weighted by Gasteiger charge is 2.79. The highest BCUT2D eigenvalue weighted by Crippen LogP contribution is 2.68. The van der Waals surface area contributed by atoms with E-state index in [-0.39, 0.29) is 29.9 Å². The van der Waals surface area contributed by atoms with Gasteiger partial charge >= 0.3 is 23.9 Å². The van der Waals surface area contributed by atoms with Crippen LogP contribution in [0.25, 0.3) is 0 Å². The van der Waals surface area contributed by atoms with Gasteiger partial charge in [-0.3, -0.25) is 9.59 Å². The van der Waals surface area contributed by atoms with Crippen LogP contribution in [-0.2, 0) is 30.2 Å². The molecule has 0 bridgehead atoms. The van der Waals surface area contributed by atoms with Gasteiger partial charge in [0, 0.05) is 24.7 Å². The van der Waals surface area contributed by atoms with Gasteiger partial charge in [0.05, 0.1) is 17.4 Å². The van der Waals surface area contributed by atoms with Crippen molar-refractivity contribution < 1.29 is 48.0 Å². The summed E-state index contributed by atoms with van der Waals surface area (Å²) in [5.74, 6) is -4.20. The maximum absolute atomic E-state index is 13.8. The van der Waals surface area contributed by atoms with E-state index in [0.29, 0.717) is 12.2 Å². The Balaban J connectivity index is 1.55. The summed E-state index contributed by atoms with van der Waals surface area (Å²) in [5, 5.41) is 24.4. The second kappa shape index (κ2) is 11.4. The Morgan fingerprint density at radius 1 is 0.870 bits per heavy atom. The van der Waals surface area contributed by atoms with E-state index in [1.807, 2.05) is 13.0 Å². The van der Waals surface area contributed by atoms with E-state index in [1.54, 1.807) is 73.9 Å². The molecule has 0 radical (unpaired) electrons. The minimum atomic E-state index is -2.40. The van der Waals surface area contributed by atoms with Gasteiger partial charge in [-0.25, -0.2) is 9.59 Å². The molecule has 0 amide bonds. The SMILES string of the molecule is CC(=O)OC1C2C(C)c3ccoc3CC2C2(C)CCC(OC(=O)c3ccccc3)C(C)(C(=O)O)C2(O)C1OC(=O)c1ccccc1. The van der Waals surface area contributed by atoms with E-state index < -0.39 is 70.5 Å². The molecule has 2 saturated carbocycles. The highest BCUT2D eigenvalue weighted by molar-refractivity contribution is 5.91. The van der Waals surface area contributed by atoms with Crippen LogP contribution in [-0.4, -0.2) is 58.0 Å². The monoisotopic (exact) mass is 630 g/mol. The van der Waals surface area contributed by atoms with Gasteiger partial charge in [-0.1, -0.05) is 50.2 Å². The van der Waals surface area contributed by atoms with Gasteiger partial charge in [0.1, 0.15) is 29.0 Å². The summed E-state index contributed by atoms with van der Waals surface area (Å²) in [7, 11) is 0. The van der Waals surface area contributed by atoms with Crippen LogP contribution in [0, 0.1) is 22.7 Å². The standard InChI is InChI=1S/C36H38O10/c1-20-24-16-18-43-26(24)19-25-28(20)29(44-21(2)37)30(46-32(39)23-13-9-6-10-14-23)36(42)34(25,3)17-15-27(35(36,4)33(40)41)45-31(38)22-11-7-5-8-12-22/h5-14,16,18,20,25,27-30,42H,15,17,19H2,1-4H3,(H,40,41). The first-order valence-electron chi connectivity index (χ1n) is 15.6. The minimum Gasteiger partial charge on any atom is -0.481 e. The Labute approximate surface area is 266 Å². The third-order valence-electron chi connectivity index (χ3n) is 11.1. The number of ether oxygens (including phenoxy) is 3. The zero-order chi connectivity index (χ0) is 33.0. The molecule has 3 aliphatic rings. The van der Waals surface area contributed by atoms with E-state index in [9.17, 15) is 29.4 Å². The number of fused-ring (bicyclic) bond motifs is 4. The quantitative estimate of drug-likeness (QED) is 0.275. The molecular formula is C36H38O10. The summed E-state index contributed by atoms with van der Waals surface area (Å²) in [6.45, 7) is 6.32. The van der Waals surface area contributed by atoms with Crippen LogP contribution < -0.4 is 0 Å². The topological polar surface area (TPSA) is 150 Å². The molecule has 10 heteroatoms. The summed E-state index contributed by atoms with van der Waals surface area (Å²) < 4.78 is 24.0. The Morgan fingerprint density at radius 3 is 2.02 bits per heavy atom. The third kappa shape index (κ3) is 4.56. The fourth-order valence-corrected chi connectivity index (χ4v) is 8.75. The number of hydrogen-bond acceptors (Lipinski definition) is 9. The van der Waals surface area contributed by atoms with Crippen LogP contribution >= 0.6 is 0 Å². The van der Waals surface area contributed by atoms with Crippen LogP contribution in [0.4, 0.5) is 0 Å². The molecule has 6 rings (SSSR count). The first-order valence-corrected chi connectivity index (χ1v) is 15.6. The number of rotatable bonds is 6. The van der Waals surface area contributed by atoms with Crippen molar-refractivity contribution in [2.45, 2.75) is 76.8 Å². The van der Waals surface area contributed by atoms with Gasteiger partial charge in [-0.2, -0.15) is 0 Å². The van der Waals surface area contributed by atoms with Crippen molar-refractivity contribution in [1.29, 1.82) is 0 Å². The molecule has 0 spiro atoms. The molecule has 0 saturated heterocycles. The third-order valence-corrected chi connectivity index (χ3v) is 11.1. The molecule has 2 fully saturated rings. The van der Waals surface area contributed by atoms with Crippen molar-refractivity contribution in [3.8, 4) is 0 Å². The highest BCUT2D eigenvalue weighted by atomic mass is 16.6. The Kier molecular flexibility index (Phi) is 7.83. The molecule has 3 aromatic rings. The lowest BCUT2D eigenvalue weighted by atomic mass is 9.39. The minimum absolute atomic E-state index is 0.111. The molecule has 242 valence electrons. The van der Waals surface area contributed by atoms with Crippen molar-refractivity contribution in [1.82, 2.24) is 0 Å². The van der Waals surface area contributed by atoms with Crippen molar-refractivity contribution >= 4 is 23.9 Å². The van der Waals surface area contributed by atoms with Gasteiger partial charge in [-0.05, 0) is 67.5 Å². The zero-order valence-corrected chi connectivity index (χ0v) is 26.2. The molecule has 1 heterocycles. The number of carbonyl (C=O) groups is 4. The Hall–Kier alpha value is -4.44. The molecular weight excluding hydrogens is 592 g/mol. The predicted molar refractivity (Wildman–Crippen MR) is 163 cm³/mol. The van der Waals surface area contributed by atoms with Gasteiger partial charge in [0.2, 0.25) is 0 Å². The van der Waals surface area contributed by atoms with E-state index in [1.165, 1.54) is 13.8 Å². The lowest BCUT2D eigenvalue weighted by Crippen LogP contribution is -2.81. The Morgan fingerprint density at radius 2 is 1.46 bits per heavy atom. The largest absolute Gasteiger partial charge is 0.481 e. The summed E-state index contributed by atoms with van der Waals surface area (Å²) in [6.07, 6.45) is -1.97. The molecule has 3 aliphatic carbocycles. The van der Waals surface area contributed by atoms with Gasteiger partial charge in [-0.15, -0.1) is 0 Å². The lowest BCUT2D eigenvalue weighted by Gasteiger charge is -2.68. The zero-order valence-electron chi connectivity index (χ0n) is 26.2. The second-order valence-corrected chi connectivity index (χ2v) is 13.2. The van der Waals surface area contributed by atoms with Crippen LogP contribution in [0.5, 0.6) is 0 Å².